The van der Waals surface area contributed by atoms with Crippen molar-refractivity contribution in [1.82, 2.24) is 13.9 Å². The summed E-state index contributed by atoms with van der Waals surface area (Å²) in [5.74, 6) is -0.577. The Morgan fingerprint density at radius 2 is 2.16 bits per heavy atom. The molecule has 0 aromatic carbocycles. The number of nitrogens with two attached hydrogens (primary N) is 1. The maximum Gasteiger partial charge on any atom is 0.252 e. The number of hydrogen-bond donors (Lipinski definition) is 2. The van der Waals surface area contributed by atoms with E-state index in [0.717, 1.165) is 11.0 Å². The van der Waals surface area contributed by atoms with Crippen LogP contribution < -0.4 is 16.5 Å². The van der Waals surface area contributed by atoms with Gasteiger partial charge in [-0.1, -0.05) is 19.3 Å². The van der Waals surface area contributed by atoms with Crippen LogP contribution in [0.15, 0.2) is 18.5 Å². The molecule has 3 rings (SSSR count). The number of carbonyl (C=O) groups excluding carboxylic acids is 1. The molecular weight excluding hydrogens is 341 g/mol. The van der Waals surface area contributed by atoms with Crippen LogP contribution in [0.5, 0.6) is 0 Å². The second-order valence-corrected chi connectivity index (χ2v) is 9.37. The highest BCUT2D eigenvalue weighted by Gasteiger charge is 2.43. The standard InChI is InChI=1S/C15H22BN5O3S/c1-15(2)8-20(25(3,23)24)7-12(15)19-13-10(14(17)22)5-18-21-6-9(16)4-11(13)21/h4-6,12,19H,7-8,16H2,1-3H3,(H2,17,22). The van der Waals surface area contributed by atoms with E-state index in [-0.39, 0.29) is 11.5 Å². The number of rotatable bonds is 4. The van der Waals surface area contributed by atoms with Gasteiger partial charge in [0.15, 0.2) is 0 Å². The van der Waals surface area contributed by atoms with E-state index < -0.39 is 15.9 Å². The molecule has 0 radical (unpaired) electrons. The van der Waals surface area contributed by atoms with Crippen LogP contribution >= 0.6 is 0 Å². The summed E-state index contributed by atoms with van der Waals surface area (Å²) in [6.45, 7) is 4.75. The highest BCUT2D eigenvalue weighted by molar-refractivity contribution is 7.88. The van der Waals surface area contributed by atoms with E-state index in [9.17, 15) is 13.2 Å². The summed E-state index contributed by atoms with van der Waals surface area (Å²) >= 11 is 0. The average molecular weight is 363 g/mol. The molecule has 1 aliphatic heterocycles. The van der Waals surface area contributed by atoms with Gasteiger partial charge in [-0.05, 0) is 11.5 Å². The lowest BCUT2D eigenvalue weighted by Gasteiger charge is -2.28. The van der Waals surface area contributed by atoms with Gasteiger partial charge in [0.05, 0.1) is 29.2 Å². The fourth-order valence-electron chi connectivity index (χ4n) is 3.27. The molecule has 1 fully saturated rings. The highest BCUT2D eigenvalue weighted by atomic mass is 32.2. The molecule has 1 unspecified atom stereocenters. The smallest absolute Gasteiger partial charge is 0.252 e. The average Bonchev–Trinajstić information content (AvgIpc) is 2.98. The van der Waals surface area contributed by atoms with E-state index in [4.69, 9.17) is 5.73 Å². The summed E-state index contributed by atoms with van der Waals surface area (Å²) in [4.78, 5) is 11.9. The zero-order chi connectivity index (χ0) is 18.6. The van der Waals surface area contributed by atoms with Crippen molar-refractivity contribution >= 4 is 40.4 Å². The number of sulfonamides is 1. The van der Waals surface area contributed by atoms with Gasteiger partial charge in [0.2, 0.25) is 10.0 Å². The fraction of sp³-hybridized carbons (Fsp3) is 0.467. The predicted octanol–water partition coefficient (Wildman–Crippen LogP) is -1.23. The van der Waals surface area contributed by atoms with Gasteiger partial charge in [-0.2, -0.15) is 9.40 Å². The molecule has 1 saturated heterocycles. The van der Waals surface area contributed by atoms with E-state index in [2.05, 4.69) is 10.4 Å². The van der Waals surface area contributed by atoms with Crippen molar-refractivity contribution in [1.29, 1.82) is 0 Å². The summed E-state index contributed by atoms with van der Waals surface area (Å²) in [6, 6.07) is 1.75. The van der Waals surface area contributed by atoms with Crippen molar-refractivity contribution in [2.75, 3.05) is 24.7 Å². The van der Waals surface area contributed by atoms with Crippen molar-refractivity contribution in [3.63, 3.8) is 0 Å². The Morgan fingerprint density at radius 3 is 2.72 bits per heavy atom. The lowest BCUT2D eigenvalue weighted by atomic mass is 9.87. The van der Waals surface area contributed by atoms with Gasteiger partial charge in [0.1, 0.15) is 7.85 Å². The third kappa shape index (κ3) is 3.23. The van der Waals surface area contributed by atoms with Gasteiger partial charge in [-0.15, -0.1) is 0 Å². The van der Waals surface area contributed by atoms with Crippen LogP contribution in [0.4, 0.5) is 5.69 Å². The predicted molar refractivity (Wildman–Crippen MR) is 99.5 cm³/mol. The first-order valence-electron chi connectivity index (χ1n) is 7.98. The van der Waals surface area contributed by atoms with Gasteiger partial charge in [-0.3, -0.25) is 4.79 Å². The Bertz CT molecular complexity index is 953. The number of amides is 1. The second-order valence-electron chi connectivity index (χ2n) is 7.39. The fourth-order valence-corrected chi connectivity index (χ4v) is 4.26. The van der Waals surface area contributed by atoms with Crippen LogP contribution in [0.25, 0.3) is 5.52 Å². The molecule has 1 atom stereocenters. The third-order valence-corrected chi connectivity index (χ3v) is 5.96. The van der Waals surface area contributed by atoms with Crippen LogP contribution in [0.2, 0.25) is 0 Å². The minimum absolute atomic E-state index is 0.165. The summed E-state index contributed by atoms with van der Waals surface area (Å²) in [5.41, 5.74) is 7.83. The molecule has 0 aliphatic carbocycles. The van der Waals surface area contributed by atoms with Gasteiger partial charge in [0.25, 0.3) is 5.91 Å². The van der Waals surface area contributed by atoms with E-state index >= 15 is 0 Å². The maximum absolute atomic E-state index is 11.9. The van der Waals surface area contributed by atoms with Crippen molar-refractivity contribution < 1.29 is 13.2 Å². The molecule has 1 aliphatic rings. The van der Waals surface area contributed by atoms with E-state index in [1.54, 1.807) is 4.52 Å². The van der Waals surface area contributed by atoms with Gasteiger partial charge in [-0.25, -0.2) is 12.9 Å². The minimum atomic E-state index is -3.28. The molecule has 3 N–H and O–H groups in total. The number of nitrogens with one attached hydrogen (secondary N) is 1. The van der Waals surface area contributed by atoms with E-state index in [1.807, 2.05) is 34.0 Å². The number of carbonyl (C=O) groups is 1. The van der Waals surface area contributed by atoms with Crippen LogP contribution in [-0.2, 0) is 10.0 Å². The molecule has 134 valence electrons. The Kier molecular flexibility index (Phi) is 4.07. The van der Waals surface area contributed by atoms with Gasteiger partial charge in [0, 0.05) is 25.3 Å². The molecule has 0 spiro atoms. The molecule has 0 bridgehead atoms. The first kappa shape index (κ1) is 17.7. The largest absolute Gasteiger partial charge is 0.378 e. The van der Waals surface area contributed by atoms with Crippen molar-refractivity contribution in [2.24, 2.45) is 11.1 Å². The highest BCUT2D eigenvalue weighted by Crippen LogP contribution is 2.35. The lowest BCUT2D eigenvalue weighted by molar-refractivity contribution is 0.100. The van der Waals surface area contributed by atoms with Crippen molar-refractivity contribution in [3.8, 4) is 0 Å². The zero-order valence-corrected chi connectivity index (χ0v) is 15.6. The molecule has 8 nitrogen and oxygen atoms in total. The molecule has 0 saturated carbocycles. The van der Waals surface area contributed by atoms with Crippen LogP contribution in [0, 0.1) is 5.41 Å². The molecule has 2 aromatic rings. The Morgan fingerprint density at radius 1 is 1.48 bits per heavy atom. The van der Waals surface area contributed by atoms with E-state index in [0.29, 0.717) is 24.3 Å². The monoisotopic (exact) mass is 363 g/mol. The number of anilines is 1. The number of primary amides is 1. The second kappa shape index (κ2) is 5.74. The minimum Gasteiger partial charge on any atom is -0.378 e. The quantitative estimate of drug-likeness (QED) is 0.662. The molecule has 10 heteroatoms. The molecule has 2 aromatic heterocycles. The first-order chi connectivity index (χ1) is 11.5. The Hall–Kier alpha value is -2.07. The Labute approximate surface area is 147 Å². The van der Waals surface area contributed by atoms with Crippen LogP contribution in [-0.4, -0.2) is 61.5 Å². The normalized spacial score (nSPS) is 20.8. The van der Waals surface area contributed by atoms with Crippen LogP contribution in [0.1, 0.15) is 24.2 Å². The maximum atomic E-state index is 11.9. The first-order valence-corrected chi connectivity index (χ1v) is 9.83. The number of aromatic nitrogens is 2. The van der Waals surface area contributed by atoms with Crippen LogP contribution in [0.3, 0.4) is 0 Å². The molecular formula is C15H22BN5O3S. The van der Waals surface area contributed by atoms with Gasteiger partial charge < -0.3 is 11.1 Å². The SMILES string of the molecule is Bc1cc2c(NC3CN(S(C)(=O)=O)CC3(C)C)c(C(N)=O)cnn2c1. The lowest BCUT2D eigenvalue weighted by Crippen LogP contribution is -2.35. The molecule has 25 heavy (non-hydrogen) atoms. The topological polar surface area (TPSA) is 110 Å². The summed E-state index contributed by atoms with van der Waals surface area (Å²) < 4.78 is 27.0. The van der Waals surface area contributed by atoms with Gasteiger partial charge >= 0.3 is 0 Å². The van der Waals surface area contributed by atoms with E-state index in [1.165, 1.54) is 16.8 Å². The zero-order valence-electron chi connectivity index (χ0n) is 14.8. The summed E-state index contributed by atoms with van der Waals surface area (Å²) in [7, 11) is -1.34. The summed E-state index contributed by atoms with van der Waals surface area (Å²) in [6.07, 6.45) is 4.50. The molecule has 3 heterocycles. The van der Waals surface area contributed by atoms with Crippen molar-refractivity contribution in [2.45, 2.75) is 19.9 Å². The number of fused-ring (bicyclic) bond motifs is 1. The van der Waals surface area contributed by atoms with Crippen molar-refractivity contribution in [3.05, 3.63) is 24.0 Å². The number of nitrogens with zero attached hydrogens (tertiary/aromatic N) is 3. The Balaban J connectivity index is 2.05. The summed E-state index contributed by atoms with van der Waals surface area (Å²) in [5, 5.41) is 7.59. The number of hydrogen-bond acceptors (Lipinski definition) is 5. The third-order valence-electron chi connectivity index (χ3n) is 4.74. The molecule has 1 amide bonds.